The Morgan fingerprint density at radius 1 is 1.37 bits per heavy atom. The summed E-state index contributed by atoms with van der Waals surface area (Å²) >= 11 is 1.34. The standard InChI is InChI=1S/C13H22N2O2S2/c1-9-7-10(2)18-13(9)19(16,17)15-12-6-4-3-5-11(12)8-14/h7,11-12,15H,3-6,8,14H2,1-2H3. The Balaban J connectivity index is 2.19. The van der Waals surface area contributed by atoms with Crippen molar-refractivity contribution in [2.45, 2.75) is 49.8 Å². The van der Waals surface area contributed by atoms with Gasteiger partial charge in [-0.25, -0.2) is 13.1 Å². The topological polar surface area (TPSA) is 72.2 Å². The Bertz CT molecular complexity index is 537. The summed E-state index contributed by atoms with van der Waals surface area (Å²) in [7, 11) is -3.40. The lowest BCUT2D eigenvalue weighted by Crippen LogP contribution is -2.44. The van der Waals surface area contributed by atoms with Crippen LogP contribution in [-0.2, 0) is 10.0 Å². The van der Waals surface area contributed by atoms with Crippen LogP contribution in [0.1, 0.15) is 36.1 Å². The van der Waals surface area contributed by atoms with Crippen molar-refractivity contribution in [3.63, 3.8) is 0 Å². The number of nitrogens with one attached hydrogen (secondary N) is 1. The Hall–Kier alpha value is -0.430. The normalized spacial score (nSPS) is 24.6. The van der Waals surface area contributed by atoms with Crippen LogP contribution in [0.3, 0.4) is 0 Å². The predicted molar refractivity (Wildman–Crippen MR) is 78.9 cm³/mol. The Kier molecular flexibility index (Phi) is 4.66. The van der Waals surface area contributed by atoms with E-state index in [1.807, 2.05) is 19.9 Å². The number of sulfonamides is 1. The van der Waals surface area contributed by atoms with Crippen molar-refractivity contribution in [2.75, 3.05) is 6.54 Å². The van der Waals surface area contributed by atoms with Gasteiger partial charge in [0, 0.05) is 10.9 Å². The minimum atomic E-state index is -3.40. The molecule has 1 aliphatic carbocycles. The maximum Gasteiger partial charge on any atom is 0.250 e. The average molecular weight is 302 g/mol. The van der Waals surface area contributed by atoms with Crippen LogP contribution < -0.4 is 10.5 Å². The summed E-state index contributed by atoms with van der Waals surface area (Å²) in [6, 6.07) is 1.91. The van der Waals surface area contributed by atoms with Crippen LogP contribution in [0.25, 0.3) is 0 Å². The highest BCUT2D eigenvalue weighted by Gasteiger charge is 2.30. The minimum absolute atomic E-state index is 0.00874. The molecular formula is C13H22N2O2S2. The molecule has 6 heteroatoms. The van der Waals surface area contributed by atoms with Crippen LogP contribution in [0.5, 0.6) is 0 Å². The van der Waals surface area contributed by atoms with Gasteiger partial charge in [0.25, 0.3) is 10.0 Å². The fraction of sp³-hybridized carbons (Fsp3) is 0.692. The van der Waals surface area contributed by atoms with Gasteiger partial charge in [-0.15, -0.1) is 11.3 Å². The van der Waals surface area contributed by atoms with Gasteiger partial charge in [-0.05, 0) is 50.8 Å². The lowest BCUT2D eigenvalue weighted by Gasteiger charge is -2.30. The summed E-state index contributed by atoms with van der Waals surface area (Å²) in [6.45, 7) is 4.33. The van der Waals surface area contributed by atoms with E-state index in [0.29, 0.717) is 10.8 Å². The molecule has 2 unspecified atom stereocenters. The number of thiophene rings is 1. The molecule has 1 aliphatic rings. The predicted octanol–water partition coefficient (Wildman–Crippen LogP) is 2.16. The van der Waals surface area contributed by atoms with Crippen molar-refractivity contribution in [1.29, 1.82) is 0 Å². The molecule has 4 nitrogen and oxygen atoms in total. The molecule has 0 aliphatic heterocycles. The third kappa shape index (κ3) is 3.37. The van der Waals surface area contributed by atoms with Crippen LogP contribution in [0.15, 0.2) is 10.3 Å². The van der Waals surface area contributed by atoms with E-state index in [0.717, 1.165) is 36.1 Å². The number of hydrogen-bond acceptors (Lipinski definition) is 4. The van der Waals surface area contributed by atoms with E-state index in [-0.39, 0.29) is 12.0 Å². The minimum Gasteiger partial charge on any atom is -0.330 e. The summed E-state index contributed by atoms with van der Waals surface area (Å²) in [6.07, 6.45) is 4.14. The van der Waals surface area contributed by atoms with E-state index < -0.39 is 10.0 Å². The van der Waals surface area contributed by atoms with Crippen LogP contribution in [0.4, 0.5) is 0 Å². The van der Waals surface area contributed by atoms with E-state index >= 15 is 0 Å². The zero-order chi connectivity index (χ0) is 14.0. The lowest BCUT2D eigenvalue weighted by atomic mass is 9.85. The van der Waals surface area contributed by atoms with Gasteiger partial charge in [-0.3, -0.25) is 0 Å². The highest BCUT2D eigenvalue weighted by atomic mass is 32.2. The van der Waals surface area contributed by atoms with Gasteiger partial charge >= 0.3 is 0 Å². The van der Waals surface area contributed by atoms with Gasteiger partial charge in [0.1, 0.15) is 4.21 Å². The monoisotopic (exact) mass is 302 g/mol. The zero-order valence-corrected chi connectivity index (χ0v) is 13.1. The zero-order valence-electron chi connectivity index (χ0n) is 11.5. The summed E-state index contributed by atoms with van der Waals surface area (Å²) < 4.78 is 28.2. The molecule has 0 bridgehead atoms. The molecule has 108 valence electrons. The van der Waals surface area contributed by atoms with E-state index in [1.54, 1.807) is 0 Å². The quantitative estimate of drug-likeness (QED) is 0.895. The third-order valence-electron chi connectivity index (χ3n) is 3.76. The van der Waals surface area contributed by atoms with E-state index in [4.69, 9.17) is 5.73 Å². The summed E-state index contributed by atoms with van der Waals surface area (Å²) in [5.41, 5.74) is 6.58. The molecule has 1 fully saturated rings. The average Bonchev–Trinajstić information content (AvgIpc) is 2.69. The number of hydrogen-bond donors (Lipinski definition) is 2. The van der Waals surface area contributed by atoms with Crippen LogP contribution in [0, 0.1) is 19.8 Å². The first-order valence-electron chi connectivity index (χ1n) is 6.73. The van der Waals surface area contributed by atoms with Crippen molar-refractivity contribution >= 4 is 21.4 Å². The maximum absolute atomic E-state index is 12.5. The first kappa shape index (κ1) is 15.0. The van der Waals surface area contributed by atoms with Gasteiger partial charge in [0.2, 0.25) is 0 Å². The van der Waals surface area contributed by atoms with Crippen molar-refractivity contribution < 1.29 is 8.42 Å². The summed E-state index contributed by atoms with van der Waals surface area (Å²) in [5.74, 6) is 0.268. The highest BCUT2D eigenvalue weighted by molar-refractivity contribution is 7.91. The van der Waals surface area contributed by atoms with Gasteiger partial charge in [-0.1, -0.05) is 12.8 Å². The molecule has 2 rings (SSSR count). The second-order valence-corrected chi connectivity index (χ2v) is 8.50. The van der Waals surface area contributed by atoms with Crippen molar-refractivity contribution in [3.05, 3.63) is 16.5 Å². The van der Waals surface area contributed by atoms with Crippen LogP contribution in [-0.4, -0.2) is 21.0 Å². The molecule has 0 amide bonds. The Morgan fingerprint density at radius 3 is 2.63 bits per heavy atom. The van der Waals surface area contributed by atoms with Crippen LogP contribution in [0.2, 0.25) is 0 Å². The Morgan fingerprint density at radius 2 is 2.05 bits per heavy atom. The number of rotatable bonds is 4. The van der Waals surface area contributed by atoms with E-state index in [9.17, 15) is 8.42 Å². The SMILES string of the molecule is Cc1cc(C)c(S(=O)(=O)NC2CCCCC2CN)s1. The molecule has 3 N–H and O–H groups in total. The summed E-state index contributed by atoms with van der Waals surface area (Å²) in [5, 5.41) is 0. The van der Waals surface area contributed by atoms with E-state index in [2.05, 4.69) is 4.72 Å². The first-order chi connectivity index (χ1) is 8.94. The Labute approximate surface area is 119 Å². The number of nitrogens with two attached hydrogens (primary N) is 1. The molecular weight excluding hydrogens is 280 g/mol. The third-order valence-corrected chi connectivity index (χ3v) is 7.04. The van der Waals surface area contributed by atoms with Crippen molar-refractivity contribution in [3.8, 4) is 0 Å². The molecule has 1 aromatic rings. The largest absolute Gasteiger partial charge is 0.330 e. The molecule has 1 aromatic heterocycles. The highest BCUT2D eigenvalue weighted by Crippen LogP contribution is 2.29. The molecule has 0 aromatic carbocycles. The molecule has 0 spiro atoms. The van der Waals surface area contributed by atoms with Gasteiger partial charge in [0.05, 0.1) is 0 Å². The van der Waals surface area contributed by atoms with Gasteiger partial charge in [0.15, 0.2) is 0 Å². The second kappa shape index (κ2) is 5.91. The fourth-order valence-corrected chi connectivity index (χ4v) is 5.81. The fourth-order valence-electron chi connectivity index (χ4n) is 2.78. The molecule has 0 radical (unpaired) electrons. The first-order valence-corrected chi connectivity index (χ1v) is 9.03. The maximum atomic E-state index is 12.5. The van der Waals surface area contributed by atoms with Crippen molar-refractivity contribution in [2.24, 2.45) is 11.7 Å². The molecule has 19 heavy (non-hydrogen) atoms. The number of aryl methyl sites for hydroxylation is 2. The van der Waals surface area contributed by atoms with Gasteiger partial charge in [-0.2, -0.15) is 0 Å². The second-order valence-electron chi connectivity index (χ2n) is 5.34. The smallest absolute Gasteiger partial charge is 0.250 e. The molecule has 2 atom stereocenters. The van der Waals surface area contributed by atoms with Gasteiger partial charge < -0.3 is 5.73 Å². The molecule has 1 saturated carbocycles. The van der Waals surface area contributed by atoms with Crippen molar-refractivity contribution in [1.82, 2.24) is 4.72 Å². The lowest BCUT2D eigenvalue weighted by molar-refractivity contribution is 0.296. The summed E-state index contributed by atoms with van der Waals surface area (Å²) in [4.78, 5) is 1.02. The molecule has 0 saturated heterocycles. The molecule has 1 heterocycles. The van der Waals surface area contributed by atoms with Crippen LogP contribution >= 0.6 is 11.3 Å². The van der Waals surface area contributed by atoms with E-state index in [1.165, 1.54) is 11.3 Å².